The van der Waals surface area contributed by atoms with Crippen LogP contribution in [-0.4, -0.2) is 39.1 Å². The zero-order valence-electron chi connectivity index (χ0n) is 16.1. The summed E-state index contributed by atoms with van der Waals surface area (Å²) >= 11 is 0. The van der Waals surface area contributed by atoms with Crippen LogP contribution < -0.4 is 15.1 Å². The van der Waals surface area contributed by atoms with Crippen molar-refractivity contribution >= 4 is 29.2 Å². The van der Waals surface area contributed by atoms with Gasteiger partial charge in [-0.3, -0.25) is 14.6 Å². The predicted octanol–water partition coefficient (Wildman–Crippen LogP) is 2.58. The number of nitrogens with one attached hydrogen (secondary N) is 1. The van der Waals surface area contributed by atoms with Gasteiger partial charge in [0.1, 0.15) is 5.56 Å². The first kappa shape index (κ1) is 20.8. The number of amides is 1. The van der Waals surface area contributed by atoms with E-state index in [4.69, 9.17) is 9.62 Å². The third-order valence-corrected chi connectivity index (χ3v) is 3.75. The number of esters is 1. The highest BCUT2D eigenvalue weighted by atomic mass is 17.2. The Bertz CT molecular complexity index is 861. The third kappa shape index (κ3) is 5.47. The van der Waals surface area contributed by atoms with E-state index in [-0.39, 0.29) is 29.3 Å². The first-order valence-electron chi connectivity index (χ1n) is 8.44. The monoisotopic (exact) mass is 386 g/mol. The van der Waals surface area contributed by atoms with E-state index >= 15 is 0 Å². The van der Waals surface area contributed by atoms with Gasteiger partial charge >= 0.3 is 11.9 Å². The lowest BCUT2D eigenvalue weighted by Gasteiger charge is -2.14. The second-order valence-corrected chi connectivity index (χ2v) is 6.12. The zero-order valence-corrected chi connectivity index (χ0v) is 16.1. The van der Waals surface area contributed by atoms with Gasteiger partial charge in [-0.15, -0.1) is 0 Å². The lowest BCUT2D eigenvalue weighted by molar-refractivity contribution is -0.210. The Kier molecular flexibility index (Phi) is 6.97. The average Bonchev–Trinajstić information content (AvgIpc) is 2.66. The lowest BCUT2D eigenvalue weighted by Crippen LogP contribution is -2.17. The second kappa shape index (κ2) is 9.40. The van der Waals surface area contributed by atoms with Crippen LogP contribution in [0.25, 0.3) is 0 Å². The quantitative estimate of drug-likeness (QED) is 0.444. The smallest absolute Gasteiger partial charge is 0.352 e. The van der Waals surface area contributed by atoms with E-state index in [1.165, 1.54) is 19.2 Å². The molecule has 0 aliphatic carbocycles. The second-order valence-electron chi connectivity index (χ2n) is 6.12. The number of carbonyl (C=O) groups is 3. The Morgan fingerprint density at radius 1 is 1.04 bits per heavy atom. The van der Waals surface area contributed by atoms with Crippen molar-refractivity contribution in [2.45, 2.75) is 13.3 Å². The van der Waals surface area contributed by atoms with Gasteiger partial charge in [0.15, 0.2) is 0 Å². The molecule has 1 N–H and O–H groups in total. The van der Waals surface area contributed by atoms with Crippen molar-refractivity contribution in [1.82, 2.24) is 0 Å². The summed E-state index contributed by atoms with van der Waals surface area (Å²) in [4.78, 5) is 46.9. The van der Waals surface area contributed by atoms with Gasteiger partial charge in [-0.1, -0.05) is 18.2 Å². The van der Waals surface area contributed by atoms with E-state index in [9.17, 15) is 14.4 Å². The highest BCUT2D eigenvalue weighted by molar-refractivity contribution is 5.99. The van der Waals surface area contributed by atoms with Gasteiger partial charge in [-0.25, -0.2) is 9.59 Å². The van der Waals surface area contributed by atoms with Crippen LogP contribution in [0.3, 0.4) is 0 Å². The van der Waals surface area contributed by atoms with Gasteiger partial charge in [-0.05, 0) is 29.8 Å². The summed E-state index contributed by atoms with van der Waals surface area (Å²) in [6.45, 7) is 1.15. The van der Waals surface area contributed by atoms with Crippen molar-refractivity contribution in [2.24, 2.45) is 0 Å². The average molecular weight is 386 g/mol. The number of nitrogens with zero attached hydrogens (tertiary/aromatic N) is 1. The van der Waals surface area contributed by atoms with Crippen LogP contribution in [0.5, 0.6) is 5.75 Å². The largest absolute Gasteiger partial charge is 0.465 e. The molecule has 148 valence electrons. The zero-order chi connectivity index (χ0) is 20.7. The Morgan fingerprint density at radius 3 is 2.29 bits per heavy atom. The molecule has 0 aromatic heterocycles. The standard InChI is InChI=1S/C20H22N2O6/c1-13(23)27-28-19-16(20(25)26-4)6-5-7-17(19)21-18(24)12-14-8-10-15(11-9-14)22(2)3/h5-11H,12H2,1-4H3,(H,21,24). The van der Waals surface area contributed by atoms with Crippen molar-refractivity contribution in [1.29, 1.82) is 0 Å². The van der Waals surface area contributed by atoms with E-state index in [0.717, 1.165) is 18.2 Å². The number of ether oxygens (including phenoxy) is 1. The van der Waals surface area contributed by atoms with Gasteiger partial charge < -0.3 is 15.0 Å². The van der Waals surface area contributed by atoms with E-state index < -0.39 is 11.9 Å². The molecule has 0 aliphatic rings. The van der Waals surface area contributed by atoms with Crippen molar-refractivity contribution in [3.8, 4) is 5.75 Å². The van der Waals surface area contributed by atoms with E-state index in [0.29, 0.717) is 0 Å². The minimum atomic E-state index is -0.710. The Morgan fingerprint density at radius 2 is 1.71 bits per heavy atom. The summed E-state index contributed by atoms with van der Waals surface area (Å²) in [5, 5.41) is 2.67. The minimum absolute atomic E-state index is 0.0110. The van der Waals surface area contributed by atoms with Crippen molar-refractivity contribution < 1.29 is 28.9 Å². The number of hydrogen-bond donors (Lipinski definition) is 1. The lowest BCUT2D eigenvalue weighted by atomic mass is 10.1. The molecule has 0 saturated carbocycles. The fraction of sp³-hybridized carbons (Fsp3) is 0.250. The van der Waals surface area contributed by atoms with Crippen LogP contribution in [0, 0.1) is 0 Å². The Balaban J connectivity index is 2.20. The van der Waals surface area contributed by atoms with Gasteiger partial charge in [0.25, 0.3) is 0 Å². The number of methoxy groups -OCH3 is 1. The summed E-state index contributed by atoms with van der Waals surface area (Å²) < 4.78 is 4.69. The molecule has 0 saturated heterocycles. The molecule has 8 heteroatoms. The van der Waals surface area contributed by atoms with Gasteiger partial charge in [0, 0.05) is 26.7 Å². The SMILES string of the molecule is COC(=O)c1cccc(NC(=O)Cc2ccc(N(C)C)cc2)c1OOC(C)=O. The molecular formula is C20H22N2O6. The van der Waals surface area contributed by atoms with Gasteiger partial charge in [0.2, 0.25) is 11.7 Å². The molecule has 2 rings (SSSR count). The molecule has 2 aromatic carbocycles. The molecule has 0 fully saturated rings. The molecule has 0 aliphatic heterocycles. The number of para-hydroxylation sites is 1. The number of rotatable bonds is 7. The highest BCUT2D eigenvalue weighted by Crippen LogP contribution is 2.30. The number of anilines is 2. The van der Waals surface area contributed by atoms with Crippen molar-refractivity contribution in [2.75, 3.05) is 31.4 Å². The van der Waals surface area contributed by atoms with Crippen LogP contribution in [0.15, 0.2) is 42.5 Å². The summed E-state index contributed by atoms with van der Waals surface area (Å²) in [7, 11) is 5.07. The molecule has 0 bridgehead atoms. The maximum absolute atomic E-state index is 12.4. The predicted molar refractivity (Wildman–Crippen MR) is 103 cm³/mol. The maximum atomic E-state index is 12.4. The Labute approximate surface area is 162 Å². The molecule has 0 heterocycles. The van der Waals surface area contributed by atoms with Gasteiger partial charge in [-0.2, -0.15) is 0 Å². The molecule has 0 spiro atoms. The van der Waals surface area contributed by atoms with Crippen molar-refractivity contribution in [3.63, 3.8) is 0 Å². The summed E-state index contributed by atoms with van der Waals surface area (Å²) in [5.41, 5.74) is 2.03. The minimum Gasteiger partial charge on any atom is -0.465 e. The maximum Gasteiger partial charge on any atom is 0.352 e. The fourth-order valence-corrected chi connectivity index (χ4v) is 2.39. The van der Waals surface area contributed by atoms with E-state index in [1.54, 1.807) is 6.07 Å². The molecule has 2 aromatic rings. The van der Waals surface area contributed by atoms with E-state index in [2.05, 4.69) is 10.2 Å². The van der Waals surface area contributed by atoms with E-state index in [1.807, 2.05) is 43.3 Å². The van der Waals surface area contributed by atoms with Crippen LogP contribution >= 0.6 is 0 Å². The normalized spacial score (nSPS) is 10.0. The van der Waals surface area contributed by atoms with Crippen LogP contribution in [-0.2, 0) is 25.6 Å². The van der Waals surface area contributed by atoms with Gasteiger partial charge in [0.05, 0.1) is 19.2 Å². The topological polar surface area (TPSA) is 94.2 Å². The molecule has 0 radical (unpaired) electrons. The number of carbonyl (C=O) groups excluding carboxylic acids is 3. The molecule has 0 atom stereocenters. The number of hydrogen-bond acceptors (Lipinski definition) is 7. The van der Waals surface area contributed by atoms with Crippen molar-refractivity contribution in [3.05, 3.63) is 53.6 Å². The molecule has 8 nitrogen and oxygen atoms in total. The first-order valence-corrected chi connectivity index (χ1v) is 8.44. The first-order chi connectivity index (χ1) is 13.3. The summed E-state index contributed by atoms with van der Waals surface area (Å²) in [6, 6.07) is 12.0. The molecular weight excluding hydrogens is 364 g/mol. The third-order valence-electron chi connectivity index (χ3n) is 3.75. The van der Waals surface area contributed by atoms with Crippen LogP contribution in [0.1, 0.15) is 22.8 Å². The summed E-state index contributed by atoms with van der Waals surface area (Å²) in [6.07, 6.45) is 0.114. The van der Waals surface area contributed by atoms with Crippen LogP contribution in [0.2, 0.25) is 0 Å². The molecule has 1 amide bonds. The highest BCUT2D eigenvalue weighted by Gasteiger charge is 2.20. The van der Waals surface area contributed by atoms with Crippen LogP contribution in [0.4, 0.5) is 11.4 Å². The fourth-order valence-electron chi connectivity index (χ4n) is 2.39. The summed E-state index contributed by atoms with van der Waals surface area (Å²) in [5.74, 6) is -1.84. The number of benzene rings is 2. The molecule has 28 heavy (non-hydrogen) atoms. The molecule has 0 unspecified atom stereocenters. The Hall–Kier alpha value is -3.55.